The fourth-order valence-electron chi connectivity index (χ4n) is 2.07. The number of nitrogens with one attached hydrogen (secondary N) is 1. The lowest BCUT2D eigenvalue weighted by atomic mass is 10.1. The number of rotatable bonds is 3. The van der Waals surface area contributed by atoms with E-state index in [1.54, 1.807) is 48.5 Å². The Morgan fingerprint density at radius 2 is 1.70 bits per heavy atom. The maximum Gasteiger partial charge on any atom is 0.284 e. The van der Waals surface area contributed by atoms with E-state index in [2.05, 4.69) is 10.2 Å². The van der Waals surface area contributed by atoms with E-state index in [0.717, 1.165) is 0 Å². The Bertz CT molecular complexity index is 924. The Balaban J connectivity index is 2.14. The monoisotopic (exact) mass is 346 g/mol. The molecule has 0 aliphatic heterocycles. The largest absolute Gasteiger partial charge is 0.504 e. The molecule has 1 heterocycles. The van der Waals surface area contributed by atoms with E-state index in [9.17, 15) is 14.1 Å². The average Bonchev–Trinajstić information content (AvgIpc) is 2.56. The van der Waals surface area contributed by atoms with Crippen LogP contribution in [0.3, 0.4) is 0 Å². The van der Waals surface area contributed by atoms with Gasteiger partial charge in [0.25, 0.3) is 5.56 Å². The number of aromatic nitrogens is 2. The highest BCUT2D eigenvalue weighted by atomic mass is 35.5. The molecule has 23 heavy (non-hydrogen) atoms. The number of aromatic hydroxyl groups is 1. The Hall–Kier alpha value is -2.44. The van der Waals surface area contributed by atoms with Crippen molar-refractivity contribution in [1.82, 2.24) is 10.2 Å². The van der Waals surface area contributed by atoms with Gasteiger partial charge in [0.05, 0.1) is 10.8 Å². The van der Waals surface area contributed by atoms with Crippen LogP contribution in [-0.4, -0.2) is 19.5 Å². The number of benzene rings is 2. The van der Waals surface area contributed by atoms with E-state index in [4.69, 9.17) is 11.6 Å². The lowest BCUT2D eigenvalue weighted by molar-refractivity contribution is 0.456. The Labute approximate surface area is 139 Å². The number of nitrogens with zero attached hydrogens (tertiary/aromatic N) is 1. The molecule has 3 aromatic rings. The van der Waals surface area contributed by atoms with Gasteiger partial charge in [0.2, 0.25) is 0 Å². The topological polar surface area (TPSA) is 83.1 Å². The summed E-state index contributed by atoms with van der Waals surface area (Å²) in [6, 6.07) is 15.1. The van der Waals surface area contributed by atoms with E-state index in [1.165, 1.54) is 0 Å². The third-order valence-electron chi connectivity index (χ3n) is 3.18. The van der Waals surface area contributed by atoms with E-state index in [0.29, 0.717) is 15.5 Å². The van der Waals surface area contributed by atoms with Gasteiger partial charge < -0.3 is 5.11 Å². The molecular weight excluding hydrogens is 336 g/mol. The van der Waals surface area contributed by atoms with Crippen LogP contribution in [-0.2, 0) is 10.8 Å². The molecule has 1 aromatic heterocycles. The second-order valence-corrected chi connectivity index (χ2v) is 6.52. The molecule has 3 rings (SSSR count). The summed E-state index contributed by atoms with van der Waals surface area (Å²) < 4.78 is 12.6. The van der Waals surface area contributed by atoms with Gasteiger partial charge in [-0.15, -0.1) is 0 Å². The number of hydrogen-bond donors (Lipinski definition) is 2. The van der Waals surface area contributed by atoms with E-state index >= 15 is 0 Å². The first-order chi connectivity index (χ1) is 11.1. The van der Waals surface area contributed by atoms with Crippen LogP contribution in [0.25, 0.3) is 11.3 Å². The minimum absolute atomic E-state index is 0.169. The van der Waals surface area contributed by atoms with Gasteiger partial charge in [0, 0.05) is 15.5 Å². The van der Waals surface area contributed by atoms with Gasteiger partial charge in [-0.3, -0.25) is 4.79 Å². The molecule has 0 radical (unpaired) electrons. The van der Waals surface area contributed by atoms with Crippen LogP contribution < -0.4 is 5.56 Å². The maximum atomic E-state index is 12.6. The van der Waals surface area contributed by atoms with Gasteiger partial charge in [-0.1, -0.05) is 41.9 Å². The first-order valence-electron chi connectivity index (χ1n) is 6.62. The zero-order valence-electron chi connectivity index (χ0n) is 11.7. The Morgan fingerprint density at radius 3 is 2.35 bits per heavy atom. The molecule has 116 valence electrons. The minimum atomic E-state index is -1.85. The van der Waals surface area contributed by atoms with Gasteiger partial charge in [0.15, 0.2) is 10.6 Å². The zero-order chi connectivity index (χ0) is 16.4. The highest BCUT2D eigenvalue weighted by Gasteiger charge is 2.21. The van der Waals surface area contributed by atoms with Crippen LogP contribution in [0.15, 0.2) is 69.2 Å². The highest BCUT2D eigenvalue weighted by Crippen LogP contribution is 2.31. The van der Waals surface area contributed by atoms with Crippen LogP contribution in [0.5, 0.6) is 5.75 Å². The molecule has 0 aliphatic carbocycles. The first-order valence-corrected chi connectivity index (χ1v) is 8.15. The summed E-state index contributed by atoms with van der Waals surface area (Å²) in [4.78, 5) is 12.1. The van der Waals surface area contributed by atoms with Crippen molar-refractivity contribution in [1.29, 1.82) is 0 Å². The van der Waals surface area contributed by atoms with E-state index in [1.807, 2.05) is 6.07 Å². The van der Waals surface area contributed by atoms with Crippen LogP contribution in [0.1, 0.15) is 0 Å². The first kappa shape index (κ1) is 15.5. The molecule has 0 spiro atoms. The third-order valence-corrected chi connectivity index (χ3v) is 4.88. The summed E-state index contributed by atoms with van der Waals surface area (Å²) in [6.45, 7) is 0. The lowest BCUT2D eigenvalue weighted by Gasteiger charge is -2.08. The van der Waals surface area contributed by atoms with Crippen molar-refractivity contribution in [2.75, 3.05) is 0 Å². The molecule has 0 aliphatic rings. The number of hydrogen-bond acceptors (Lipinski definition) is 4. The average molecular weight is 347 g/mol. The van der Waals surface area contributed by atoms with Crippen molar-refractivity contribution < 1.29 is 9.32 Å². The molecular formula is C16H11ClN2O3S. The molecule has 0 saturated heterocycles. The zero-order valence-corrected chi connectivity index (χ0v) is 13.3. The van der Waals surface area contributed by atoms with Crippen molar-refractivity contribution in [2.45, 2.75) is 9.79 Å². The molecule has 0 bridgehead atoms. The van der Waals surface area contributed by atoms with Crippen LogP contribution in [0.2, 0.25) is 5.02 Å². The fourth-order valence-corrected chi connectivity index (χ4v) is 3.30. The van der Waals surface area contributed by atoms with E-state index < -0.39 is 22.1 Å². The SMILES string of the molecule is O=c1[nH]nc(-c2ccccc2)c(O)c1[S@](=O)c1ccc(Cl)cc1. The minimum Gasteiger partial charge on any atom is -0.504 e. The molecule has 1 atom stereocenters. The summed E-state index contributed by atoms with van der Waals surface area (Å²) in [5.74, 6) is -0.395. The second kappa shape index (κ2) is 6.36. The molecule has 0 amide bonds. The predicted octanol–water partition coefficient (Wildman–Crippen LogP) is 2.96. The van der Waals surface area contributed by atoms with Crippen molar-refractivity contribution in [3.8, 4) is 17.0 Å². The summed E-state index contributed by atoms with van der Waals surface area (Å²) in [6.07, 6.45) is 0. The van der Waals surface area contributed by atoms with Crippen LogP contribution in [0.4, 0.5) is 0 Å². The van der Waals surface area contributed by atoms with Crippen molar-refractivity contribution in [3.05, 3.63) is 70.0 Å². The molecule has 0 unspecified atom stereocenters. The van der Waals surface area contributed by atoms with Gasteiger partial charge in [-0.25, -0.2) is 9.31 Å². The van der Waals surface area contributed by atoms with Crippen molar-refractivity contribution in [3.63, 3.8) is 0 Å². The Kier molecular flexibility index (Phi) is 4.27. The number of H-pyrrole nitrogens is 1. The van der Waals surface area contributed by atoms with Gasteiger partial charge in [0.1, 0.15) is 5.69 Å². The van der Waals surface area contributed by atoms with Gasteiger partial charge in [-0.05, 0) is 24.3 Å². The lowest BCUT2D eigenvalue weighted by Crippen LogP contribution is -2.16. The summed E-state index contributed by atoms with van der Waals surface area (Å²) in [5, 5.41) is 17.0. The molecule has 0 saturated carbocycles. The second-order valence-electron chi connectivity index (χ2n) is 4.67. The van der Waals surface area contributed by atoms with E-state index in [-0.39, 0.29) is 10.6 Å². The smallest absolute Gasteiger partial charge is 0.284 e. The maximum absolute atomic E-state index is 12.6. The van der Waals surface area contributed by atoms with Crippen LogP contribution in [0, 0.1) is 0 Å². The van der Waals surface area contributed by atoms with Gasteiger partial charge >= 0.3 is 0 Å². The molecule has 2 N–H and O–H groups in total. The molecule has 0 fully saturated rings. The summed E-state index contributed by atoms with van der Waals surface area (Å²) in [5.41, 5.74) is 0.0774. The third kappa shape index (κ3) is 3.04. The van der Waals surface area contributed by atoms with Gasteiger partial charge in [-0.2, -0.15) is 5.10 Å². The number of halogens is 1. The number of aromatic amines is 1. The van der Waals surface area contributed by atoms with Crippen molar-refractivity contribution >= 4 is 22.4 Å². The molecule has 2 aromatic carbocycles. The molecule has 5 nitrogen and oxygen atoms in total. The quantitative estimate of drug-likeness (QED) is 0.763. The molecule has 7 heteroatoms. The summed E-state index contributed by atoms with van der Waals surface area (Å²) in [7, 11) is -1.85. The standard InChI is InChI=1S/C16H11ClN2O3S/c17-11-6-8-12(9-7-11)23(22)15-14(20)13(18-19-16(15)21)10-4-2-1-3-5-10/h1-9H,(H2,19,20,21)/t23-/m1/s1. The normalized spacial score (nSPS) is 12.0. The summed E-state index contributed by atoms with van der Waals surface area (Å²) >= 11 is 5.80. The highest BCUT2D eigenvalue weighted by molar-refractivity contribution is 7.85. The van der Waals surface area contributed by atoms with Crippen molar-refractivity contribution in [2.24, 2.45) is 0 Å². The Morgan fingerprint density at radius 1 is 1.04 bits per heavy atom. The predicted molar refractivity (Wildman–Crippen MR) is 88.1 cm³/mol. The fraction of sp³-hybridized carbons (Fsp3) is 0. The van der Waals surface area contributed by atoms with Crippen LogP contribution >= 0.6 is 11.6 Å².